The van der Waals surface area contributed by atoms with Crippen LogP contribution in [0.4, 0.5) is 4.79 Å². The first kappa shape index (κ1) is 15.3. The van der Waals surface area contributed by atoms with E-state index in [0.717, 1.165) is 10.9 Å². The van der Waals surface area contributed by atoms with Crippen LogP contribution >= 0.6 is 11.6 Å². The molecular formula is C14H14ClN5O3. The summed E-state index contributed by atoms with van der Waals surface area (Å²) in [7, 11) is 1.79. The van der Waals surface area contributed by atoms with E-state index in [2.05, 4.69) is 21.0 Å². The van der Waals surface area contributed by atoms with Crippen molar-refractivity contribution in [3.63, 3.8) is 0 Å². The van der Waals surface area contributed by atoms with Crippen LogP contribution in [0.25, 0.3) is 10.9 Å². The van der Waals surface area contributed by atoms with Crippen LogP contribution in [0.15, 0.2) is 18.2 Å². The number of aryl methyl sites for hydroxylation is 1. The number of imide groups is 1. The van der Waals surface area contributed by atoms with Crippen molar-refractivity contribution in [1.82, 2.24) is 25.7 Å². The molecule has 0 radical (unpaired) electrons. The van der Waals surface area contributed by atoms with E-state index in [1.54, 1.807) is 17.8 Å². The molecule has 2 heterocycles. The molecule has 3 N–H and O–H groups in total. The lowest BCUT2D eigenvalue weighted by Crippen LogP contribution is -2.36. The first-order valence-electron chi connectivity index (χ1n) is 6.94. The topological polar surface area (TPSA) is 105 Å². The van der Waals surface area contributed by atoms with Crippen LogP contribution in [-0.2, 0) is 23.2 Å². The number of aromatic nitrogens is 2. The molecule has 4 amide bonds. The van der Waals surface area contributed by atoms with Crippen molar-refractivity contribution in [2.75, 3.05) is 0 Å². The predicted octanol–water partition coefficient (Wildman–Crippen LogP) is 0.441. The molecule has 1 aliphatic heterocycles. The fraction of sp³-hybridized carbons (Fsp3) is 0.286. The van der Waals surface area contributed by atoms with Gasteiger partial charge in [-0.1, -0.05) is 17.7 Å². The third-order valence-corrected chi connectivity index (χ3v) is 3.92. The molecule has 0 saturated carbocycles. The number of fused-ring (bicyclic) bond motifs is 1. The molecule has 3 rings (SSSR count). The zero-order valence-corrected chi connectivity index (χ0v) is 13.0. The Morgan fingerprint density at radius 3 is 2.91 bits per heavy atom. The van der Waals surface area contributed by atoms with Gasteiger partial charge in [-0.15, -0.1) is 0 Å². The number of nitrogens with zero attached hydrogens (tertiary/aromatic N) is 2. The van der Waals surface area contributed by atoms with Gasteiger partial charge in [-0.3, -0.25) is 19.6 Å². The van der Waals surface area contributed by atoms with E-state index < -0.39 is 18.0 Å². The second-order valence-electron chi connectivity index (χ2n) is 5.20. The lowest BCUT2D eigenvalue weighted by Gasteiger charge is -2.07. The molecule has 8 nitrogen and oxygen atoms in total. The van der Waals surface area contributed by atoms with Crippen LogP contribution in [0.1, 0.15) is 12.1 Å². The van der Waals surface area contributed by atoms with Gasteiger partial charge >= 0.3 is 6.03 Å². The quantitative estimate of drug-likeness (QED) is 0.705. The summed E-state index contributed by atoms with van der Waals surface area (Å²) in [6.07, 6.45) is -0.129. The molecule has 1 fully saturated rings. The summed E-state index contributed by atoms with van der Waals surface area (Å²) >= 11 is 6.20. The molecule has 1 saturated heterocycles. The maximum atomic E-state index is 11.9. The number of amides is 4. The van der Waals surface area contributed by atoms with E-state index >= 15 is 0 Å². The van der Waals surface area contributed by atoms with Gasteiger partial charge < -0.3 is 10.6 Å². The Kier molecular flexibility index (Phi) is 3.91. The normalized spacial score (nSPS) is 17.2. The van der Waals surface area contributed by atoms with Gasteiger partial charge in [0, 0.05) is 12.4 Å². The Morgan fingerprint density at radius 2 is 2.22 bits per heavy atom. The number of carbonyl (C=O) groups excluding carboxylic acids is 3. The van der Waals surface area contributed by atoms with Crippen molar-refractivity contribution >= 4 is 40.3 Å². The smallest absolute Gasteiger partial charge is 0.322 e. The van der Waals surface area contributed by atoms with Crippen molar-refractivity contribution < 1.29 is 14.4 Å². The van der Waals surface area contributed by atoms with E-state index in [-0.39, 0.29) is 18.9 Å². The molecule has 23 heavy (non-hydrogen) atoms. The Hall–Kier alpha value is -2.61. The third-order valence-electron chi connectivity index (χ3n) is 3.60. The van der Waals surface area contributed by atoms with Crippen molar-refractivity contribution in [3.05, 3.63) is 28.9 Å². The number of benzene rings is 1. The molecule has 0 aliphatic carbocycles. The van der Waals surface area contributed by atoms with E-state index in [9.17, 15) is 14.4 Å². The zero-order chi connectivity index (χ0) is 16.6. The zero-order valence-electron chi connectivity index (χ0n) is 12.2. The average molecular weight is 336 g/mol. The summed E-state index contributed by atoms with van der Waals surface area (Å²) in [4.78, 5) is 34.4. The third kappa shape index (κ3) is 2.98. The minimum absolute atomic E-state index is 0.129. The second kappa shape index (κ2) is 5.88. The molecule has 2 aromatic rings. The van der Waals surface area contributed by atoms with Crippen LogP contribution < -0.4 is 16.0 Å². The van der Waals surface area contributed by atoms with Crippen molar-refractivity contribution in [1.29, 1.82) is 0 Å². The summed E-state index contributed by atoms with van der Waals surface area (Å²) in [5, 5.41) is 12.8. The fourth-order valence-corrected chi connectivity index (χ4v) is 2.80. The molecular weight excluding hydrogens is 322 g/mol. The first-order valence-corrected chi connectivity index (χ1v) is 7.31. The number of urea groups is 1. The van der Waals surface area contributed by atoms with Crippen molar-refractivity contribution in [2.24, 2.45) is 7.05 Å². The number of hydrogen-bond donors (Lipinski definition) is 3. The van der Waals surface area contributed by atoms with Gasteiger partial charge in [-0.05, 0) is 12.1 Å². The molecule has 1 aromatic carbocycles. The lowest BCUT2D eigenvalue weighted by molar-refractivity contribution is -0.126. The minimum Gasteiger partial charge on any atom is -0.350 e. The number of carbonyl (C=O) groups is 3. The summed E-state index contributed by atoms with van der Waals surface area (Å²) < 4.78 is 1.69. The highest BCUT2D eigenvalue weighted by Gasteiger charge is 2.31. The van der Waals surface area contributed by atoms with Crippen LogP contribution in [0.2, 0.25) is 5.02 Å². The Bertz CT molecular complexity index is 816. The Labute approximate surface area is 136 Å². The Morgan fingerprint density at radius 1 is 1.43 bits per heavy atom. The molecule has 0 spiro atoms. The molecule has 1 aliphatic rings. The first-order chi connectivity index (χ1) is 11.0. The molecule has 1 aromatic heterocycles. The van der Waals surface area contributed by atoms with Crippen LogP contribution in [0, 0.1) is 0 Å². The molecule has 0 bridgehead atoms. The van der Waals surface area contributed by atoms with Gasteiger partial charge in [-0.2, -0.15) is 5.10 Å². The molecule has 9 heteroatoms. The van der Waals surface area contributed by atoms with Crippen LogP contribution in [0.5, 0.6) is 0 Å². The Balaban J connectivity index is 1.68. The maximum Gasteiger partial charge on any atom is 0.322 e. The minimum atomic E-state index is -0.841. The summed E-state index contributed by atoms with van der Waals surface area (Å²) in [5.74, 6) is -0.866. The average Bonchev–Trinajstić information content (AvgIpc) is 2.98. The SMILES string of the molecule is Cn1nc(CNC(=O)CC2NC(=O)NC2=O)c2c(Cl)cccc21. The van der Waals surface area contributed by atoms with Gasteiger partial charge in [0.05, 0.1) is 29.2 Å². The van der Waals surface area contributed by atoms with Gasteiger partial charge in [0.2, 0.25) is 5.91 Å². The van der Waals surface area contributed by atoms with E-state index in [4.69, 9.17) is 11.6 Å². The lowest BCUT2D eigenvalue weighted by atomic mass is 10.2. The largest absolute Gasteiger partial charge is 0.350 e. The summed E-state index contributed by atoms with van der Waals surface area (Å²) in [6.45, 7) is 0.183. The summed E-state index contributed by atoms with van der Waals surface area (Å²) in [5.41, 5.74) is 1.51. The second-order valence-corrected chi connectivity index (χ2v) is 5.61. The van der Waals surface area contributed by atoms with Crippen LogP contribution in [-0.4, -0.2) is 33.7 Å². The number of rotatable bonds is 4. The van der Waals surface area contributed by atoms with Gasteiger partial charge in [-0.25, -0.2) is 4.79 Å². The monoisotopic (exact) mass is 335 g/mol. The summed E-state index contributed by atoms with van der Waals surface area (Å²) in [6, 6.07) is 4.05. The number of nitrogens with one attached hydrogen (secondary N) is 3. The highest BCUT2D eigenvalue weighted by Crippen LogP contribution is 2.26. The molecule has 1 atom stereocenters. The molecule has 1 unspecified atom stereocenters. The van der Waals surface area contributed by atoms with Crippen molar-refractivity contribution in [2.45, 2.75) is 19.0 Å². The number of halogens is 1. The van der Waals surface area contributed by atoms with Gasteiger partial charge in [0.25, 0.3) is 5.91 Å². The van der Waals surface area contributed by atoms with E-state index in [1.807, 2.05) is 12.1 Å². The van der Waals surface area contributed by atoms with E-state index in [0.29, 0.717) is 10.7 Å². The highest BCUT2D eigenvalue weighted by molar-refractivity contribution is 6.35. The van der Waals surface area contributed by atoms with Crippen molar-refractivity contribution in [3.8, 4) is 0 Å². The highest BCUT2D eigenvalue weighted by atomic mass is 35.5. The standard InChI is InChI=1S/C14H14ClN5O3/c1-20-10-4-2-3-7(15)12(10)9(19-20)6-16-11(21)5-8-13(22)18-14(23)17-8/h2-4,8H,5-6H2,1H3,(H,16,21)(H2,17,18,22,23). The number of hydrogen-bond acceptors (Lipinski definition) is 4. The fourth-order valence-electron chi connectivity index (χ4n) is 2.52. The predicted molar refractivity (Wildman–Crippen MR) is 82.7 cm³/mol. The van der Waals surface area contributed by atoms with Gasteiger partial charge in [0.15, 0.2) is 0 Å². The van der Waals surface area contributed by atoms with E-state index in [1.165, 1.54) is 0 Å². The van der Waals surface area contributed by atoms with Gasteiger partial charge in [0.1, 0.15) is 6.04 Å². The molecule has 120 valence electrons. The maximum absolute atomic E-state index is 11.9. The van der Waals surface area contributed by atoms with Crippen LogP contribution in [0.3, 0.4) is 0 Å².